The summed E-state index contributed by atoms with van der Waals surface area (Å²) in [6.07, 6.45) is 0.0199. The highest BCUT2D eigenvalue weighted by atomic mass is 31.2. The monoisotopic (exact) mass is 193 g/mol. The number of aliphatic carboxylic acids is 1. The molecule has 0 aromatic heterocycles. The van der Waals surface area contributed by atoms with Crippen molar-refractivity contribution < 1.29 is 19.4 Å². The van der Waals surface area contributed by atoms with E-state index in [0.29, 0.717) is 0 Å². The van der Waals surface area contributed by atoms with Crippen LogP contribution >= 0.6 is 7.37 Å². The maximum Gasteiger partial charge on any atom is 0.328 e. The van der Waals surface area contributed by atoms with Gasteiger partial charge in [-0.2, -0.15) is 0 Å². The number of carboxylic acids is 1. The lowest BCUT2D eigenvalue weighted by Gasteiger charge is -2.07. The molecule has 5 nitrogen and oxygen atoms in total. The quantitative estimate of drug-likeness (QED) is 0.489. The predicted octanol–water partition coefficient (Wildman–Crippen LogP) is 0.430. The molecule has 0 amide bonds. The molecule has 0 aromatic rings. The number of carbonyl (C=O) groups is 1. The average Bonchev–Trinajstić information content (AvgIpc) is 1.85. The minimum absolute atomic E-state index is 0.0387. The Morgan fingerprint density at radius 2 is 2.25 bits per heavy atom. The molecule has 6 heteroatoms. The van der Waals surface area contributed by atoms with Gasteiger partial charge in [-0.05, 0) is 13.1 Å². The minimum Gasteiger partial charge on any atom is -0.480 e. The Balaban J connectivity index is 3.98. The highest BCUT2D eigenvalue weighted by Crippen LogP contribution is 2.36. The van der Waals surface area contributed by atoms with Crippen LogP contribution in [0.25, 0.3) is 0 Å². The zero-order chi connectivity index (χ0) is 9.78. The van der Waals surface area contributed by atoms with Gasteiger partial charge < -0.3 is 10.00 Å². The van der Waals surface area contributed by atoms with Crippen LogP contribution in [-0.2, 0) is 9.36 Å². The third-order valence-electron chi connectivity index (χ3n) is 1.32. The van der Waals surface area contributed by atoms with Gasteiger partial charge >= 0.3 is 5.97 Å². The largest absolute Gasteiger partial charge is 0.480 e. The summed E-state index contributed by atoms with van der Waals surface area (Å²) < 4.78 is 10.8. The zero-order valence-corrected chi connectivity index (χ0v) is 7.70. The van der Waals surface area contributed by atoms with Crippen molar-refractivity contribution in [1.29, 1.82) is 0 Å². The van der Waals surface area contributed by atoms with Crippen molar-refractivity contribution in [3.63, 3.8) is 0 Å². The van der Waals surface area contributed by atoms with Crippen LogP contribution in [0.3, 0.4) is 0 Å². The van der Waals surface area contributed by atoms with E-state index in [1.54, 1.807) is 0 Å². The molecule has 12 heavy (non-hydrogen) atoms. The Hall–Kier alpha value is -0.670. The third-order valence-corrected chi connectivity index (χ3v) is 2.41. The molecule has 0 rings (SSSR count). The first-order valence-electron chi connectivity index (χ1n) is 3.35. The molecule has 0 spiro atoms. The van der Waals surface area contributed by atoms with E-state index in [-0.39, 0.29) is 12.6 Å². The number of nitrogens with zero attached hydrogens (tertiary/aromatic N) is 1. The zero-order valence-electron chi connectivity index (χ0n) is 6.80. The van der Waals surface area contributed by atoms with E-state index in [1.165, 1.54) is 6.66 Å². The third kappa shape index (κ3) is 5.04. The van der Waals surface area contributed by atoms with Crippen molar-refractivity contribution in [3.05, 3.63) is 0 Å². The molecule has 0 radical (unpaired) electrons. The van der Waals surface area contributed by atoms with Crippen molar-refractivity contribution >= 4 is 20.1 Å². The van der Waals surface area contributed by atoms with Gasteiger partial charge in [0.2, 0.25) is 0 Å². The van der Waals surface area contributed by atoms with E-state index in [2.05, 4.69) is 11.7 Å². The van der Waals surface area contributed by atoms with Gasteiger partial charge in [0.1, 0.15) is 6.04 Å². The summed E-state index contributed by atoms with van der Waals surface area (Å²) >= 11 is 0. The summed E-state index contributed by atoms with van der Waals surface area (Å²) in [6, 6.07) is -0.967. The lowest BCUT2D eigenvalue weighted by atomic mass is 10.2. The second-order valence-corrected chi connectivity index (χ2v) is 5.15. The van der Waals surface area contributed by atoms with Crippen molar-refractivity contribution in [2.45, 2.75) is 12.5 Å². The molecule has 2 atom stereocenters. The molecule has 0 heterocycles. The molecule has 0 saturated carbocycles. The van der Waals surface area contributed by atoms with Crippen LogP contribution < -0.4 is 0 Å². The molecule has 0 aliphatic rings. The predicted molar refractivity (Wildman–Crippen MR) is 46.2 cm³/mol. The van der Waals surface area contributed by atoms with Gasteiger partial charge in [0.25, 0.3) is 0 Å². The topological polar surface area (TPSA) is 87.0 Å². The van der Waals surface area contributed by atoms with Crippen LogP contribution in [0, 0.1) is 0 Å². The first-order valence-corrected chi connectivity index (χ1v) is 5.64. The number of carboxylic acid groups (broad SMARTS) is 1. The summed E-state index contributed by atoms with van der Waals surface area (Å²) in [5.41, 5.74) is 0. The Morgan fingerprint density at radius 1 is 1.75 bits per heavy atom. The van der Waals surface area contributed by atoms with Crippen molar-refractivity contribution in [1.82, 2.24) is 0 Å². The van der Waals surface area contributed by atoms with Crippen LogP contribution in [0.5, 0.6) is 0 Å². The molecule has 0 bridgehead atoms. The fraction of sp³-hybridized carbons (Fsp3) is 0.667. The van der Waals surface area contributed by atoms with E-state index in [4.69, 9.17) is 10.00 Å². The number of hydrogen-bond donors (Lipinski definition) is 2. The molecule has 0 aromatic carbocycles. The number of aliphatic imine (C=N–C) groups is 1. The van der Waals surface area contributed by atoms with Gasteiger partial charge in [-0.15, -0.1) is 0 Å². The number of hydrogen-bond acceptors (Lipinski definition) is 3. The summed E-state index contributed by atoms with van der Waals surface area (Å²) in [5, 5.41) is 8.47. The second-order valence-electron chi connectivity index (χ2n) is 2.60. The van der Waals surface area contributed by atoms with Crippen LogP contribution in [0.15, 0.2) is 4.99 Å². The van der Waals surface area contributed by atoms with E-state index >= 15 is 0 Å². The normalized spacial score (nSPS) is 17.8. The van der Waals surface area contributed by atoms with Crippen LogP contribution in [-0.4, -0.2) is 41.6 Å². The average molecular weight is 193 g/mol. The fourth-order valence-electron chi connectivity index (χ4n) is 0.655. The highest BCUT2D eigenvalue weighted by Gasteiger charge is 2.19. The molecule has 0 aliphatic heterocycles. The number of rotatable bonds is 5. The highest BCUT2D eigenvalue weighted by molar-refractivity contribution is 7.57. The second kappa shape index (κ2) is 4.38. The maximum absolute atomic E-state index is 10.8. The van der Waals surface area contributed by atoms with Crippen molar-refractivity contribution in [3.8, 4) is 0 Å². The minimum atomic E-state index is -3.12. The Kier molecular flexibility index (Phi) is 4.13. The molecule has 2 N–H and O–H groups in total. The Morgan fingerprint density at radius 3 is 2.50 bits per heavy atom. The Labute approximate surface area is 70.6 Å². The smallest absolute Gasteiger partial charge is 0.328 e. The van der Waals surface area contributed by atoms with E-state index in [1.807, 2.05) is 0 Å². The summed E-state index contributed by atoms with van der Waals surface area (Å²) in [5.74, 6) is -1.11. The van der Waals surface area contributed by atoms with Crippen molar-refractivity contribution in [2.24, 2.45) is 4.99 Å². The van der Waals surface area contributed by atoms with Crippen LogP contribution in [0.2, 0.25) is 0 Å². The SMILES string of the molecule is C=NC(CCP(C)(=O)O)C(=O)O. The van der Waals surface area contributed by atoms with Gasteiger partial charge in [0.15, 0.2) is 7.37 Å². The molecular weight excluding hydrogens is 181 g/mol. The van der Waals surface area contributed by atoms with Crippen molar-refractivity contribution in [2.75, 3.05) is 12.8 Å². The van der Waals surface area contributed by atoms with E-state index in [9.17, 15) is 9.36 Å². The lowest BCUT2D eigenvalue weighted by Crippen LogP contribution is -2.18. The summed E-state index contributed by atoms with van der Waals surface area (Å²) in [6.45, 7) is 4.27. The van der Waals surface area contributed by atoms with E-state index in [0.717, 1.165) is 0 Å². The maximum atomic E-state index is 10.8. The first kappa shape index (κ1) is 11.3. The van der Waals surface area contributed by atoms with Gasteiger partial charge in [0, 0.05) is 12.8 Å². The summed E-state index contributed by atoms with van der Waals surface area (Å²) in [7, 11) is -3.12. The van der Waals surface area contributed by atoms with Crippen LogP contribution in [0.1, 0.15) is 6.42 Å². The first-order chi connectivity index (χ1) is 5.37. The molecule has 70 valence electrons. The molecule has 2 unspecified atom stereocenters. The van der Waals surface area contributed by atoms with Gasteiger partial charge in [0.05, 0.1) is 0 Å². The van der Waals surface area contributed by atoms with Gasteiger partial charge in [-0.25, -0.2) is 4.79 Å². The molecule has 0 fully saturated rings. The van der Waals surface area contributed by atoms with Crippen LogP contribution in [0.4, 0.5) is 0 Å². The summed E-state index contributed by atoms with van der Waals surface area (Å²) in [4.78, 5) is 22.5. The van der Waals surface area contributed by atoms with Gasteiger partial charge in [-0.3, -0.25) is 9.56 Å². The molecular formula is C6H12NO4P. The molecule has 0 aliphatic carbocycles. The van der Waals surface area contributed by atoms with Gasteiger partial charge in [-0.1, -0.05) is 0 Å². The van der Waals surface area contributed by atoms with E-state index < -0.39 is 19.4 Å². The Bertz CT molecular complexity index is 222. The fourth-order valence-corrected chi connectivity index (χ4v) is 1.38. The molecule has 0 saturated heterocycles. The standard InChI is InChI=1S/C6H12NO4P/c1-7-5(6(8)9)3-4-12(2,10)11/h5H,1,3-4H2,2H3,(H,8,9)(H,10,11). The lowest BCUT2D eigenvalue weighted by molar-refractivity contribution is -0.138.